The average molecular weight is 303 g/mol. The van der Waals surface area contributed by atoms with Crippen LogP contribution in [0.15, 0.2) is 23.1 Å². The van der Waals surface area contributed by atoms with Gasteiger partial charge in [-0.2, -0.15) is 0 Å². The van der Waals surface area contributed by atoms with E-state index < -0.39 is 28.6 Å². The second-order valence-corrected chi connectivity index (χ2v) is 5.95. The minimum Gasteiger partial charge on any atom is -0.478 e. The van der Waals surface area contributed by atoms with Crippen molar-refractivity contribution in [2.45, 2.75) is 17.9 Å². The predicted molar refractivity (Wildman–Crippen MR) is 71.2 cm³/mol. The fourth-order valence-electron chi connectivity index (χ4n) is 1.61. The number of sulfonamides is 1. The van der Waals surface area contributed by atoms with Gasteiger partial charge in [0.2, 0.25) is 10.0 Å². The number of ether oxygens (including phenoxy) is 1. The number of carbonyl (C=O) groups is 1. The summed E-state index contributed by atoms with van der Waals surface area (Å²) in [5, 5.41) is 18.0. The molecule has 3 N–H and O–H groups in total. The molecule has 1 aromatic rings. The van der Waals surface area contributed by atoms with Crippen LogP contribution >= 0.6 is 0 Å². The lowest BCUT2D eigenvalue weighted by atomic mass is 10.1. The highest BCUT2D eigenvalue weighted by atomic mass is 32.2. The molecule has 0 heterocycles. The molecule has 0 aromatic heterocycles. The second-order valence-electron chi connectivity index (χ2n) is 4.24. The van der Waals surface area contributed by atoms with E-state index in [-0.39, 0.29) is 17.1 Å². The average Bonchev–Trinajstić information content (AvgIpc) is 2.37. The number of carboxylic acid groups (broad SMARTS) is 1. The van der Waals surface area contributed by atoms with Crippen LogP contribution in [-0.2, 0) is 14.8 Å². The summed E-state index contributed by atoms with van der Waals surface area (Å²) >= 11 is 0. The normalized spacial score (nSPS) is 13.2. The van der Waals surface area contributed by atoms with Crippen LogP contribution in [0.3, 0.4) is 0 Å². The van der Waals surface area contributed by atoms with Gasteiger partial charge in [0.1, 0.15) is 0 Å². The molecular weight excluding hydrogens is 286 g/mol. The number of carboxylic acids is 1. The summed E-state index contributed by atoms with van der Waals surface area (Å²) in [5.74, 6) is -1.20. The van der Waals surface area contributed by atoms with Gasteiger partial charge in [-0.25, -0.2) is 17.9 Å². The van der Waals surface area contributed by atoms with Crippen molar-refractivity contribution >= 4 is 16.0 Å². The Balaban J connectivity index is 3.09. The third-order valence-corrected chi connectivity index (χ3v) is 4.18. The first-order chi connectivity index (χ1) is 9.31. The van der Waals surface area contributed by atoms with Crippen molar-refractivity contribution in [1.29, 1.82) is 0 Å². The summed E-state index contributed by atoms with van der Waals surface area (Å²) in [6.07, 6.45) is 0. The SMILES string of the molecule is COCC(CO)NS(=O)(=O)c1ccc(C)c(C(=O)O)c1. The smallest absolute Gasteiger partial charge is 0.335 e. The van der Waals surface area contributed by atoms with Crippen molar-refractivity contribution in [3.8, 4) is 0 Å². The zero-order valence-corrected chi connectivity index (χ0v) is 12.0. The van der Waals surface area contributed by atoms with Crippen LogP contribution in [0.1, 0.15) is 15.9 Å². The van der Waals surface area contributed by atoms with E-state index in [1.54, 1.807) is 6.92 Å². The number of methoxy groups -OCH3 is 1. The van der Waals surface area contributed by atoms with Crippen LogP contribution in [0.5, 0.6) is 0 Å². The van der Waals surface area contributed by atoms with Crippen molar-refractivity contribution in [2.75, 3.05) is 20.3 Å². The molecule has 0 aliphatic carbocycles. The Hall–Kier alpha value is -1.48. The molecule has 0 aliphatic rings. The Morgan fingerprint density at radius 1 is 1.45 bits per heavy atom. The largest absolute Gasteiger partial charge is 0.478 e. The number of hydrogen-bond donors (Lipinski definition) is 3. The maximum absolute atomic E-state index is 12.1. The van der Waals surface area contributed by atoms with Gasteiger partial charge >= 0.3 is 5.97 Å². The first-order valence-electron chi connectivity index (χ1n) is 5.78. The Kier molecular flexibility index (Phi) is 5.63. The van der Waals surface area contributed by atoms with E-state index in [0.717, 1.165) is 6.07 Å². The van der Waals surface area contributed by atoms with E-state index in [1.807, 2.05) is 0 Å². The van der Waals surface area contributed by atoms with E-state index in [0.29, 0.717) is 5.56 Å². The lowest BCUT2D eigenvalue weighted by Crippen LogP contribution is -2.40. The van der Waals surface area contributed by atoms with Gasteiger partial charge in [-0.05, 0) is 24.6 Å². The molecule has 0 saturated heterocycles. The van der Waals surface area contributed by atoms with Crippen LogP contribution in [0.2, 0.25) is 0 Å². The molecule has 1 atom stereocenters. The third-order valence-electron chi connectivity index (χ3n) is 2.66. The number of aliphatic hydroxyl groups is 1. The summed E-state index contributed by atoms with van der Waals surface area (Å²) in [6, 6.07) is 3.02. The van der Waals surface area contributed by atoms with Crippen LogP contribution < -0.4 is 4.72 Å². The maximum atomic E-state index is 12.1. The Labute approximate surface area is 117 Å². The zero-order chi connectivity index (χ0) is 15.3. The summed E-state index contributed by atoms with van der Waals surface area (Å²) in [5.41, 5.74) is 0.382. The van der Waals surface area contributed by atoms with Crippen LogP contribution in [0, 0.1) is 6.92 Å². The molecule has 1 unspecified atom stereocenters. The highest BCUT2D eigenvalue weighted by Gasteiger charge is 2.21. The Morgan fingerprint density at radius 3 is 2.60 bits per heavy atom. The molecule has 0 fully saturated rings. The monoisotopic (exact) mass is 303 g/mol. The van der Waals surface area contributed by atoms with Gasteiger partial charge in [0, 0.05) is 7.11 Å². The summed E-state index contributed by atoms with van der Waals surface area (Å²) < 4.78 is 31.2. The third kappa shape index (κ3) is 4.01. The molecule has 1 aromatic carbocycles. The van der Waals surface area contributed by atoms with E-state index in [2.05, 4.69) is 4.72 Å². The van der Waals surface area contributed by atoms with Gasteiger partial charge in [-0.3, -0.25) is 0 Å². The van der Waals surface area contributed by atoms with Crippen molar-refractivity contribution < 1.29 is 28.2 Å². The fraction of sp³-hybridized carbons (Fsp3) is 0.417. The second kappa shape index (κ2) is 6.80. The molecule has 0 bridgehead atoms. The number of hydrogen-bond acceptors (Lipinski definition) is 5. The lowest BCUT2D eigenvalue weighted by molar-refractivity contribution is 0.0696. The number of rotatable bonds is 7. The first kappa shape index (κ1) is 16.6. The minimum absolute atomic E-state index is 0.00732. The van der Waals surface area contributed by atoms with Gasteiger partial charge in [0.15, 0.2) is 0 Å². The van der Waals surface area contributed by atoms with Crippen LogP contribution in [0.25, 0.3) is 0 Å². The lowest BCUT2D eigenvalue weighted by Gasteiger charge is -2.16. The molecule has 0 amide bonds. The summed E-state index contributed by atoms with van der Waals surface area (Å²) in [4.78, 5) is 10.8. The van der Waals surface area contributed by atoms with E-state index >= 15 is 0 Å². The highest BCUT2D eigenvalue weighted by molar-refractivity contribution is 7.89. The number of nitrogens with one attached hydrogen (secondary N) is 1. The van der Waals surface area contributed by atoms with Gasteiger partial charge in [0.05, 0.1) is 29.7 Å². The number of benzene rings is 1. The molecule has 0 radical (unpaired) electrons. The Bertz CT molecular complexity index is 584. The quantitative estimate of drug-likeness (QED) is 0.652. The van der Waals surface area contributed by atoms with Gasteiger partial charge in [-0.1, -0.05) is 6.07 Å². The fourth-order valence-corrected chi connectivity index (χ4v) is 2.85. The first-order valence-corrected chi connectivity index (χ1v) is 7.26. The molecule has 8 heteroatoms. The summed E-state index contributed by atoms with van der Waals surface area (Å²) in [7, 11) is -2.54. The van der Waals surface area contributed by atoms with Gasteiger partial charge in [0.25, 0.3) is 0 Å². The maximum Gasteiger partial charge on any atom is 0.335 e. The molecule has 20 heavy (non-hydrogen) atoms. The molecule has 1 rings (SSSR count). The topological polar surface area (TPSA) is 113 Å². The number of aliphatic hydroxyl groups excluding tert-OH is 1. The molecular formula is C12H17NO6S. The van der Waals surface area contributed by atoms with E-state index in [4.69, 9.17) is 14.9 Å². The minimum atomic E-state index is -3.92. The highest BCUT2D eigenvalue weighted by Crippen LogP contribution is 2.16. The molecule has 112 valence electrons. The molecule has 0 spiro atoms. The van der Waals surface area contributed by atoms with Crippen molar-refractivity contribution in [1.82, 2.24) is 4.72 Å². The molecule has 0 aliphatic heterocycles. The zero-order valence-electron chi connectivity index (χ0n) is 11.2. The Morgan fingerprint density at radius 2 is 2.10 bits per heavy atom. The molecule has 7 nitrogen and oxygen atoms in total. The predicted octanol–water partition coefficient (Wildman–Crippen LogP) is -0.0212. The van der Waals surface area contributed by atoms with Crippen molar-refractivity contribution in [3.63, 3.8) is 0 Å². The van der Waals surface area contributed by atoms with E-state index in [9.17, 15) is 13.2 Å². The standard InChI is InChI=1S/C12H17NO6S/c1-8-3-4-10(5-11(8)12(15)16)20(17,18)13-9(6-14)7-19-2/h3-5,9,13-14H,6-7H2,1-2H3,(H,15,16). The van der Waals surface area contributed by atoms with Gasteiger partial charge < -0.3 is 14.9 Å². The van der Waals surface area contributed by atoms with Crippen molar-refractivity contribution in [3.05, 3.63) is 29.3 Å². The van der Waals surface area contributed by atoms with Crippen molar-refractivity contribution in [2.24, 2.45) is 0 Å². The van der Waals surface area contributed by atoms with E-state index in [1.165, 1.54) is 19.2 Å². The molecule has 0 saturated carbocycles. The van der Waals surface area contributed by atoms with Crippen LogP contribution in [0.4, 0.5) is 0 Å². The van der Waals surface area contributed by atoms with Crippen LogP contribution in [-0.4, -0.2) is 51.0 Å². The number of aryl methyl sites for hydroxylation is 1. The summed E-state index contributed by atoms with van der Waals surface area (Å²) in [6.45, 7) is 1.16. The van der Waals surface area contributed by atoms with Gasteiger partial charge in [-0.15, -0.1) is 0 Å². The number of aromatic carboxylic acids is 1.